The molecule has 2 aromatic rings. The Morgan fingerprint density at radius 1 is 1.35 bits per heavy atom. The molecule has 0 aliphatic carbocycles. The summed E-state index contributed by atoms with van der Waals surface area (Å²) in [6.45, 7) is 0. The first-order valence-corrected chi connectivity index (χ1v) is 7.23. The lowest BCUT2D eigenvalue weighted by Crippen LogP contribution is -2.28. The molecule has 0 spiro atoms. The third kappa shape index (κ3) is 2.81. The summed E-state index contributed by atoms with van der Waals surface area (Å²) in [6, 6.07) is 2.82. The van der Waals surface area contributed by atoms with Gasteiger partial charge in [-0.15, -0.1) is 0 Å². The van der Waals surface area contributed by atoms with Gasteiger partial charge in [-0.1, -0.05) is 11.6 Å². The predicted molar refractivity (Wildman–Crippen MR) is 73.4 cm³/mol. The van der Waals surface area contributed by atoms with Crippen LogP contribution in [0.4, 0.5) is 5.95 Å². The zero-order chi connectivity index (χ0) is 14.8. The van der Waals surface area contributed by atoms with Crippen molar-refractivity contribution in [3.8, 4) is 5.88 Å². The number of aromatic nitrogens is 3. The number of halogens is 1. The number of sulfonamides is 1. The highest BCUT2D eigenvalue weighted by molar-refractivity contribution is 7.92. The second kappa shape index (κ2) is 5.59. The second-order valence-corrected chi connectivity index (χ2v) is 6.12. The number of hydrogen-bond acceptors (Lipinski definition) is 6. The normalized spacial score (nSPS) is 11.2. The van der Waals surface area contributed by atoms with Crippen LogP contribution in [0.5, 0.6) is 5.88 Å². The van der Waals surface area contributed by atoms with Crippen LogP contribution in [0, 0.1) is 0 Å². The molecule has 0 saturated carbocycles. The van der Waals surface area contributed by atoms with Gasteiger partial charge in [-0.05, 0) is 6.07 Å². The minimum absolute atomic E-state index is 0.00988. The molecule has 0 amide bonds. The number of nitrogens with zero attached hydrogens (tertiary/aromatic N) is 4. The van der Waals surface area contributed by atoms with Gasteiger partial charge in [-0.3, -0.25) is 4.98 Å². The maximum Gasteiger partial charge on any atom is 0.267 e. The van der Waals surface area contributed by atoms with Crippen LogP contribution in [0.15, 0.2) is 35.6 Å². The third-order valence-electron chi connectivity index (χ3n) is 2.45. The summed E-state index contributed by atoms with van der Waals surface area (Å²) in [5.74, 6) is 0.255. The molecule has 0 aliphatic heterocycles. The number of rotatable bonds is 4. The second-order valence-electron chi connectivity index (χ2n) is 3.71. The molecule has 0 aromatic carbocycles. The fourth-order valence-electron chi connectivity index (χ4n) is 1.40. The van der Waals surface area contributed by atoms with Gasteiger partial charge in [0.25, 0.3) is 10.0 Å². The topological polar surface area (TPSA) is 85.3 Å². The van der Waals surface area contributed by atoms with Gasteiger partial charge in [-0.25, -0.2) is 17.7 Å². The monoisotopic (exact) mass is 314 g/mol. The van der Waals surface area contributed by atoms with E-state index in [0.717, 1.165) is 4.31 Å². The third-order valence-corrected chi connectivity index (χ3v) is 4.36. The summed E-state index contributed by atoms with van der Waals surface area (Å²) in [5, 5.41) is 0.228. The zero-order valence-corrected chi connectivity index (χ0v) is 12.3. The first-order valence-electron chi connectivity index (χ1n) is 5.41. The SMILES string of the molecule is COc1ccnc(N(C)S(=O)(=O)c2cncc(Cl)c2)n1. The molecule has 2 heterocycles. The van der Waals surface area contributed by atoms with E-state index in [0.29, 0.717) is 0 Å². The van der Waals surface area contributed by atoms with E-state index in [-0.39, 0.29) is 21.7 Å². The summed E-state index contributed by atoms with van der Waals surface area (Å²) in [7, 11) is -1.06. The first kappa shape index (κ1) is 14.5. The Labute approximate surface area is 121 Å². The molecular formula is C11H11ClN4O3S. The molecule has 9 heteroatoms. The van der Waals surface area contributed by atoms with E-state index < -0.39 is 10.0 Å². The van der Waals surface area contributed by atoms with E-state index in [1.807, 2.05) is 0 Å². The highest BCUT2D eigenvalue weighted by Gasteiger charge is 2.24. The lowest BCUT2D eigenvalue weighted by atomic mass is 10.5. The molecule has 0 radical (unpaired) electrons. The van der Waals surface area contributed by atoms with E-state index in [2.05, 4.69) is 15.0 Å². The van der Waals surface area contributed by atoms with Gasteiger partial charge in [0.1, 0.15) is 4.90 Å². The smallest absolute Gasteiger partial charge is 0.267 e. The lowest BCUT2D eigenvalue weighted by Gasteiger charge is -2.17. The molecular weight excluding hydrogens is 304 g/mol. The van der Waals surface area contributed by atoms with Crippen LogP contribution in [0.1, 0.15) is 0 Å². The number of hydrogen-bond donors (Lipinski definition) is 0. The molecule has 7 nitrogen and oxygen atoms in total. The van der Waals surface area contributed by atoms with Crippen LogP contribution in [-0.4, -0.2) is 37.5 Å². The maximum atomic E-state index is 12.4. The van der Waals surface area contributed by atoms with Crippen molar-refractivity contribution in [1.82, 2.24) is 15.0 Å². The van der Waals surface area contributed by atoms with Crippen molar-refractivity contribution in [3.05, 3.63) is 35.7 Å². The Hall–Kier alpha value is -1.93. The van der Waals surface area contributed by atoms with Crippen molar-refractivity contribution in [2.45, 2.75) is 4.90 Å². The predicted octanol–water partition coefficient (Wildman–Crippen LogP) is 1.36. The number of methoxy groups -OCH3 is 1. The minimum atomic E-state index is -3.83. The summed E-state index contributed by atoms with van der Waals surface area (Å²) in [5.41, 5.74) is 0. The largest absolute Gasteiger partial charge is 0.481 e. The average molecular weight is 315 g/mol. The van der Waals surface area contributed by atoms with Crippen LogP contribution >= 0.6 is 11.6 Å². The fraction of sp³-hybridized carbons (Fsp3) is 0.182. The van der Waals surface area contributed by atoms with Crippen LogP contribution in [0.2, 0.25) is 5.02 Å². The molecule has 2 aromatic heterocycles. The van der Waals surface area contributed by atoms with E-state index in [1.165, 1.54) is 44.9 Å². The van der Waals surface area contributed by atoms with Crippen LogP contribution in [-0.2, 0) is 10.0 Å². The van der Waals surface area contributed by atoms with Gasteiger partial charge >= 0.3 is 0 Å². The van der Waals surface area contributed by atoms with Crippen molar-refractivity contribution in [1.29, 1.82) is 0 Å². The first-order chi connectivity index (χ1) is 9.45. The molecule has 106 valence electrons. The van der Waals surface area contributed by atoms with Crippen molar-refractivity contribution in [2.24, 2.45) is 0 Å². The number of pyridine rings is 1. The number of ether oxygens (including phenoxy) is 1. The van der Waals surface area contributed by atoms with Gasteiger partial charge in [0, 0.05) is 31.7 Å². The van der Waals surface area contributed by atoms with E-state index in [4.69, 9.17) is 16.3 Å². The molecule has 2 rings (SSSR count). The number of anilines is 1. The van der Waals surface area contributed by atoms with E-state index in [9.17, 15) is 8.42 Å². The highest BCUT2D eigenvalue weighted by Crippen LogP contribution is 2.21. The summed E-state index contributed by atoms with van der Waals surface area (Å²) >= 11 is 5.75. The van der Waals surface area contributed by atoms with Crippen LogP contribution in [0.25, 0.3) is 0 Å². The van der Waals surface area contributed by atoms with Crippen molar-refractivity contribution in [3.63, 3.8) is 0 Å². The molecule has 0 fully saturated rings. The summed E-state index contributed by atoms with van der Waals surface area (Å²) in [4.78, 5) is 11.6. The van der Waals surface area contributed by atoms with Crippen molar-refractivity contribution >= 4 is 27.6 Å². The Morgan fingerprint density at radius 2 is 2.10 bits per heavy atom. The molecule has 0 unspecified atom stereocenters. The standard InChI is InChI=1S/C11H11ClN4O3S/c1-16(11-14-4-3-10(15-11)19-2)20(17,18)9-5-8(12)6-13-7-9/h3-7H,1-2H3. The molecule has 0 aliphatic rings. The Bertz CT molecular complexity index is 723. The van der Waals surface area contributed by atoms with Crippen LogP contribution in [0.3, 0.4) is 0 Å². The molecule has 0 atom stereocenters. The van der Waals surface area contributed by atoms with Gasteiger partial charge < -0.3 is 4.74 Å². The zero-order valence-electron chi connectivity index (χ0n) is 10.7. The Balaban J connectivity index is 2.43. The van der Waals surface area contributed by atoms with Crippen molar-refractivity contribution in [2.75, 3.05) is 18.5 Å². The molecule has 0 N–H and O–H groups in total. The Morgan fingerprint density at radius 3 is 2.75 bits per heavy atom. The van der Waals surface area contributed by atoms with Gasteiger partial charge in [-0.2, -0.15) is 4.98 Å². The maximum absolute atomic E-state index is 12.4. The summed E-state index contributed by atoms with van der Waals surface area (Å²) in [6.07, 6.45) is 3.96. The summed E-state index contributed by atoms with van der Waals surface area (Å²) < 4.78 is 30.7. The molecule has 0 bridgehead atoms. The minimum Gasteiger partial charge on any atom is -0.481 e. The van der Waals surface area contributed by atoms with E-state index in [1.54, 1.807) is 0 Å². The Kier molecular flexibility index (Phi) is 4.05. The van der Waals surface area contributed by atoms with Crippen LogP contribution < -0.4 is 9.04 Å². The average Bonchev–Trinajstić information content (AvgIpc) is 2.46. The highest BCUT2D eigenvalue weighted by atomic mass is 35.5. The molecule has 0 saturated heterocycles. The van der Waals surface area contributed by atoms with Gasteiger partial charge in [0.05, 0.1) is 12.1 Å². The van der Waals surface area contributed by atoms with E-state index >= 15 is 0 Å². The van der Waals surface area contributed by atoms with Gasteiger partial charge in [0.2, 0.25) is 11.8 Å². The quantitative estimate of drug-likeness (QED) is 0.847. The fourth-order valence-corrected chi connectivity index (χ4v) is 2.72. The van der Waals surface area contributed by atoms with Gasteiger partial charge in [0.15, 0.2) is 0 Å². The lowest BCUT2D eigenvalue weighted by molar-refractivity contribution is 0.397. The molecule has 20 heavy (non-hydrogen) atoms. The van der Waals surface area contributed by atoms with Crippen molar-refractivity contribution < 1.29 is 13.2 Å².